The quantitative estimate of drug-likeness (QED) is 0.157. The highest BCUT2D eigenvalue weighted by Gasteiger charge is 2.13. The van der Waals surface area contributed by atoms with Gasteiger partial charge >= 0.3 is 7.12 Å². The molecule has 0 heterocycles. The first-order valence-corrected chi connectivity index (χ1v) is 10.7. The fraction of sp³-hybridized carbons (Fsp3) is 0.259. The van der Waals surface area contributed by atoms with Crippen LogP contribution in [0.1, 0.15) is 24.1 Å². The third kappa shape index (κ3) is 14.5. The zero-order valence-electron chi connectivity index (χ0n) is 22.0. The van der Waals surface area contributed by atoms with Crippen LogP contribution in [-0.4, -0.2) is 59.5 Å². The van der Waals surface area contributed by atoms with Gasteiger partial charge < -0.3 is 47.2 Å². The molecule has 208 valence electrons. The van der Waals surface area contributed by atoms with Crippen LogP contribution in [0.4, 0.5) is 17.1 Å². The average Bonchev–Trinajstić information content (AvgIpc) is 2.83. The predicted molar refractivity (Wildman–Crippen MR) is 161 cm³/mol. The van der Waals surface area contributed by atoms with E-state index in [4.69, 9.17) is 10.0 Å². The number of hydrogen-bond donors (Lipinski definition) is 7. The number of aromatic hydroxyl groups is 2. The van der Waals surface area contributed by atoms with Gasteiger partial charge in [0.25, 0.3) is 0 Å². The number of benzene rings is 3. The summed E-state index contributed by atoms with van der Waals surface area (Å²) in [5.74, 6) is 0.648. The minimum absolute atomic E-state index is 0. The van der Waals surface area contributed by atoms with Gasteiger partial charge in [-0.2, -0.15) is 0 Å². The normalized spacial score (nSPS) is 8.32. The van der Waals surface area contributed by atoms with Gasteiger partial charge in [-0.25, -0.2) is 0 Å². The van der Waals surface area contributed by atoms with Crippen molar-refractivity contribution in [3.63, 3.8) is 0 Å². The molecule has 0 bridgehead atoms. The van der Waals surface area contributed by atoms with Gasteiger partial charge in [-0.3, -0.25) is 0 Å². The molecule has 3 rings (SSSR count). The maximum absolute atomic E-state index is 9.23. The van der Waals surface area contributed by atoms with Crippen LogP contribution in [0.3, 0.4) is 0 Å². The second-order valence-corrected chi connectivity index (χ2v) is 7.22. The standard InChI is InChI=1S/C8H12BNO2.2C8H11NO.C2H4.CH4.2H2O/c1-6-3-4-7(10-2)5-8(6)9(11)12;1-6-3-4-7(9-2)5-8(6)10;1-6-3-4-7(9-2)8(10)5-6;1-2;;;/h3-5,10-12H,1-2H3;2*3-5,9-10H,1-2H3;1-2H2;1H4;2*1H2. The molecule has 10 heteroatoms. The molecule has 0 unspecified atom stereocenters. The van der Waals surface area contributed by atoms with Crippen molar-refractivity contribution in [3.8, 4) is 11.5 Å². The lowest BCUT2D eigenvalue weighted by Gasteiger charge is -2.06. The molecule has 9 nitrogen and oxygen atoms in total. The molecule has 0 saturated heterocycles. The Kier molecular flexibility index (Phi) is 23.6. The summed E-state index contributed by atoms with van der Waals surface area (Å²) in [6.07, 6.45) is 0. The molecule has 0 aromatic heterocycles. The van der Waals surface area contributed by atoms with Crippen molar-refractivity contribution in [1.82, 2.24) is 0 Å². The minimum atomic E-state index is -1.39. The maximum atomic E-state index is 9.23. The Balaban J connectivity index is -0.000000206. The molecule has 37 heavy (non-hydrogen) atoms. The van der Waals surface area contributed by atoms with E-state index < -0.39 is 7.12 Å². The first-order chi connectivity index (χ1) is 16.1. The van der Waals surface area contributed by atoms with E-state index in [1.165, 1.54) is 0 Å². The fourth-order valence-corrected chi connectivity index (χ4v) is 2.69. The lowest BCUT2D eigenvalue weighted by atomic mass is 9.77. The summed E-state index contributed by atoms with van der Waals surface area (Å²) in [4.78, 5) is 0. The van der Waals surface area contributed by atoms with Gasteiger partial charge in [0.15, 0.2) is 0 Å². The molecule has 0 aliphatic rings. The number of rotatable bonds is 4. The molecule has 11 N–H and O–H groups in total. The van der Waals surface area contributed by atoms with Crippen molar-refractivity contribution in [2.24, 2.45) is 0 Å². The summed E-state index contributed by atoms with van der Waals surface area (Å²) in [6.45, 7) is 11.7. The average molecular weight is 519 g/mol. The highest BCUT2D eigenvalue weighted by atomic mass is 16.4. The Morgan fingerprint density at radius 1 is 0.649 bits per heavy atom. The van der Waals surface area contributed by atoms with Crippen molar-refractivity contribution in [3.05, 3.63) is 84.4 Å². The van der Waals surface area contributed by atoms with Crippen molar-refractivity contribution in [2.45, 2.75) is 28.2 Å². The van der Waals surface area contributed by atoms with Crippen molar-refractivity contribution in [1.29, 1.82) is 0 Å². The second-order valence-electron chi connectivity index (χ2n) is 7.22. The van der Waals surface area contributed by atoms with Crippen LogP contribution in [0.5, 0.6) is 11.5 Å². The summed E-state index contributed by atoms with van der Waals surface area (Å²) in [5.41, 5.74) is 5.97. The van der Waals surface area contributed by atoms with E-state index in [0.717, 1.165) is 33.8 Å². The Bertz CT molecular complexity index is 1020. The molecular weight excluding hydrogens is 473 g/mol. The van der Waals surface area contributed by atoms with Crippen LogP contribution in [0.2, 0.25) is 0 Å². The Morgan fingerprint density at radius 2 is 1.14 bits per heavy atom. The lowest BCUT2D eigenvalue weighted by Crippen LogP contribution is -2.32. The molecule has 0 aliphatic heterocycles. The zero-order valence-corrected chi connectivity index (χ0v) is 22.0. The van der Waals surface area contributed by atoms with E-state index in [1.54, 1.807) is 32.3 Å². The van der Waals surface area contributed by atoms with E-state index in [0.29, 0.717) is 17.0 Å². The minimum Gasteiger partial charge on any atom is -0.508 e. The molecule has 0 aliphatic carbocycles. The van der Waals surface area contributed by atoms with Crippen LogP contribution in [-0.2, 0) is 0 Å². The zero-order chi connectivity index (χ0) is 26.3. The van der Waals surface area contributed by atoms with Crippen molar-refractivity contribution >= 4 is 29.6 Å². The van der Waals surface area contributed by atoms with Crippen LogP contribution < -0.4 is 21.4 Å². The first-order valence-electron chi connectivity index (χ1n) is 10.7. The van der Waals surface area contributed by atoms with Gasteiger partial charge in [0.05, 0.1) is 5.69 Å². The molecule has 0 saturated carbocycles. The van der Waals surface area contributed by atoms with E-state index in [2.05, 4.69) is 29.1 Å². The van der Waals surface area contributed by atoms with E-state index >= 15 is 0 Å². The SMILES string of the molecule is C.C=C.CNc1ccc(C)c(B(O)O)c1.CNc1ccc(C)c(O)c1.CNc1ccc(C)cc1O.O.O. The van der Waals surface area contributed by atoms with Crippen LogP contribution in [0, 0.1) is 20.8 Å². The smallest absolute Gasteiger partial charge is 0.488 e. The predicted octanol–water partition coefficient (Wildman–Crippen LogP) is 2.99. The molecule has 0 atom stereocenters. The molecule has 3 aromatic rings. The van der Waals surface area contributed by atoms with Gasteiger partial charge in [0, 0.05) is 38.6 Å². The number of hydrogen-bond acceptors (Lipinski definition) is 7. The third-order valence-electron chi connectivity index (χ3n) is 4.77. The maximum Gasteiger partial charge on any atom is 0.488 e. The number of anilines is 3. The van der Waals surface area contributed by atoms with Gasteiger partial charge in [-0.1, -0.05) is 31.2 Å². The number of aryl methyl sites for hydroxylation is 3. The molecule has 0 amide bonds. The largest absolute Gasteiger partial charge is 0.508 e. The molecule has 0 fully saturated rings. The fourth-order valence-electron chi connectivity index (χ4n) is 2.69. The topological polar surface area (TPSA) is 180 Å². The third-order valence-corrected chi connectivity index (χ3v) is 4.77. The van der Waals surface area contributed by atoms with Crippen LogP contribution in [0.25, 0.3) is 0 Å². The molecule has 0 spiro atoms. The summed E-state index contributed by atoms with van der Waals surface area (Å²) >= 11 is 0. The van der Waals surface area contributed by atoms with Gasteiger partial charge in [0.2, 0.25) is 0 Å². The van der Waals surface area contributed by atoms with E-state index in [1.807, 2.05) is 64.2 Å². The molecular formula is C27H46BN3O6. The summed E-state index contributed by atoms with van der Waals surface area (Å²) in [5, 5.41) is 45.1. The Hall–Kier alpha value is -3.70. The van der Waals surface area contributed by atoms with Gasteiger partial charge in [-0.05, 0) is 67.7 Å². The highest BCUT2D eigenvalue weighted by molar-refractivity contribution is 6.59. The molecule has 0 radical (unpaired) electrons. The van der Waals surface area contributed by atoms with E-state index in [-0.39, 0.29) is 18.4 Å². The number of nitrogens with one attached hydrogen (secondary N) is 3. The van der Waals surface area contributed by atoms with Crippen molar-refractivity contribution in [2.75, 3.05) is 37.1 Å². The number of phenolic OH excluding ortho intramolecular Hbond substituents is 2. The Morgan fingerprint density at radius 3 is 1.54 bits per heavy atom. The summed E-state index contributed by atoms with van der Waals surface area (Å²) in [7, 11) is 4.01. The second kappa shape index (κ2) is 21.6. The highest BCUT2D eigenvalue weighted by Crippen LogP contribution is 2.22. The van der Waals surface area contributed by atoms with E-state index in [9.17, 15) is 10.2 Å². The van der Waals surface area contributed by atoms with Crippen molar-refractivity contribution < 1.29 is 31.2 Å². The lowest BCUT2D eigenvalue weighted by molar-refractivity contribution is 0.425. The van der Waals surface area contributed by atoms with Gasteiger partial charge in [0.1, 0.15) is 11.5 Å². The van der Waals surface area contributed by atoms with Crippen LogP contribution in [0.15, 0.2) is 67.8 Å². The number of phenols is 2. The van der Waals surface area contributed by atoms with Gasteiger partial charge in [-0.15, -0.1) is 13.2 Å². The first kappa shape index (κ1) is 40.5. The monoisotopic (exact) mass is 519 g/mol. The van der Waals surface area contributed by atoms with Crippen LogP contribution >= 0.6 is 0 Å². The molecule has 3 aromatic carbocycles. The Labute approximate surface area is 222 Å². The summed E-state index contributed by atoms with van der Waals surface area (Å²) < 4.78 is 0. The summed E-state index contributed by atoms with van der Waals surface area (Å²) in [6, 6.07) is 16.5.